The number of hydrogen-bond acceptors (Lipinski definition) is 3. The van der Waals surface area contributed by atoms with Crippen LogP contribution in [0.25, 0.3) is 0 Å². The fourth-order valence-electron chi connectivity index (χ4n) is 2.07. The molecule has 0 amide bonds. The van der Waals surface area contributed by atoms with Gasteiger partial charge in [-0.3, -0.25) is 0 Å². The molecule has 1 aliphatic heterocycles. The van der Waals surface area contributed by atoms with Crippen LogP contribution in [-0.4, -0.2) is 50.8 Å². The second kappa shape index (κ2) is 6.38. The van der Waals surface area contributed by atoms with Gasteiger partial charge in [-0.2, -0.15) is 4.31 Å². The van der Waals surface area contributed by atoms with Gasteiger partial charge in [0.15, 0.2) is 0 Å². The highest BCUT2D eigenvalue weighted by atomic mass is 35.5. The van der Waals surface area contributed by atoms with Crippen molar-refractivity contribution in [2.24, 2.45) is 0 Å². The Morgan fingerprint density at radius 2 is 1.75 bits per heavy atom. The second-order valence-electron chi connectivity index (χ2n) is 4.72. The van der Waals surface area contributed by atoms with Gasteiger partial charge in [0.25, 0.3) is 0 Å². The first-order chi connectivity index (χ1) is 9.36. The Kier molecular flexibility index (Phi) is 5.21. The van der Waals surface area contributed by atoms with Crippen LogP contribution in [0, 0.1) is 0 Å². The van der Waals surface area contributed by atoms with Gasteiger partial charge >= 0.3 is 0 Å². The summed E-state index contributed by atoms with van der Waals surface area (Å²) in [5, 5.41) is 0.473. The van der Waals surface area contributed by atoms with Crippen LogP contribution in [-0.2, 0) is 15.9 Å². The van der Waals surface area contributed by atoms with Gasteiger partial charge in [0.2, 0.25) is 10.0 Å². The predicted octanol–water partition coefficient (Wildman–Crippen LogP) is 2.67. The lowest BCUT2D eigenvalue weighted by Gasteiger charge is -2.31. The second-order valence-corrected chi connectivity index (χ2v) is 7.71. The van der Waals surface area contributed by atoms with Crippen molar-refractivity contribution in [3.63, 3.8) is 0 Å². The van der Waals surface area contributed by atoms with Crippen molar-refractivity contribution in [1.29, 1.82) is 0 Å². The van der Waals surface area contributed by atoms with Crippen molar-refractivity contribution in [3.8, 4) is 0 Å². The molecule has 20 heavy (non-hydrogen) atoms. The van der Waals surface area contributed by atoms with Gasteiger partial charge in [-0.1, -0.05) is 23.2 Å². The van der Waals surface area contributed by atoms with Crippen LogP contribution in [0.2, 0.25) is 10.0 Å². The quantitative estimate of drug-likeness (QED) is 0.781. The maximum absolute atomic E-state index is 12.7. The first kappa shape index (κ1) is 16.3. The third-order valence-electron chi connectivity index (χ3n) is 3.30. The van der Waals surface area contributed by atoms with Crippen LogP contribution in [0.15, 0.2) is 17.0 Å². The minimum absolute atomic E-state index is 0.0341. The highest BCUT2D eigenvalue weighted by molar-refractivity contribution is 7.89. The van der Waals surface area contributed by atoms with Gasteiger partial charge in [0.1, 0.15) is 4.90 Å². The molecular weight excluding hydrogens is 343 g/mol. The zero-order chi connectivity index (χ0) is 14.9. The summed E-state index contributed by atoms with van der Waals surface area (Å²) in [6.45, 7) is 2.27. The van der Waals surface area contributed by atoms with Gasteiger partial charge in [-0.15, -0.1) is 11.6 Å². The molecule has 0 spiro atoms. The molecule has 1 aliphatic rings. The minimum Gasteiger partial charge on any atom is -0.304 e. The summed E-state index contributed by atoms with van der Waals surface area (Å²) in [7, 11) is -1.68. The number of halogens is 3. The first-order valence-electron chi connectivity index (χ1n) is 6.09. The lowest BCUT2D eigenvalue weighted by atomic mass is 10.2. The van der Waals surface area contributed by atoms with Gasteiger partial charge in [-0.25, -0.2) is 8.42 Å². The van der Waals surface area contributed by atoms with E-state index in [9.17, 15) is 8.42 Å². The van der Waals surface area contributed by atoms with E-state index in [-0.39, 0.29) is 15.8 Å². The summed E-state index contributed by atoms with van der Waals surface area (Å²) < 4.78 is 26.7. The van der Waals surface area contributed by atoms with Crippen molar-refractivity contribution in [2.45, 2.75) is 10.8 Å². The molecule has 1 saturated heterocycles. The summed E-state index contributed by atoms with van der Waals surface area (Å²) in [5.41, 5.74) is 0.522. The molecule has 0 bridgehead atoms. The molecule has 8 heteroatoms. The van der Waals surface area contributed by atoms with Crippen LogP contribution in [0.1, 0.15) is 5.56 Å². The van der Waals surface area contributed by atoms with Crippen LogP contribution in [0.5, 0.6) is 0 Å². The first-order valence-corrected chi connectivity index (χ1v) is 8.82. The average molecular weight is 358 g/mol. The molecular formula is C12H15Cl3N2O2S. The maximum Gasteiger partial charge on any atom is 0.244 e. The number of rotatable bonds is 3. The number of hydrogen-bond donors (Lipinski definition) is 0. The van der Waals surface area contributed by atoms with Crippen molar-refractivity contribution >= 4 is 44.8 Å². The molecule has 1 heterocycles. The molecule has 0 aromatic heterocycles. The Balaban J connectivity index is 2.42. The van der Waals surface area contributed by atoms with Crippen LogP contribution in [0.3, 0.4) is 0 Å². The van der Waals surface area contributed by atoms with Gasteiger partial charge in [-0.05, 0) is 24.7 Å². The maximum atomic E-state index is 12.7. The van der Waals surface area contributed by atoms with Crippen LogP contribution in [0.4, 0.5) is 0 Å². The van der Waals surface area contributed by atoms with Crippen molar-refractivity contribution in [3.05, 3.63) is 27.7 Å². The van der Waals surface area contributed by atoms with E-state index in [0.717, 1.165) is 0 Å². The Morgan fingerprint density at radius 3 is 2.30 bits per heavy atom. The van der Waals surface area contributed by atoms with E-state index in [0.29, 0.717) is 36.8 Å². The molecule has 4 nitrogen and oxygen atoms in total. The molecule has 0 unspecified atom stereocenters. The van der Waals surface area contributed by atoms with Gasteiger partial charge in [0.05, 0.1) is 5.02 Å². The lowest BCUT2D eigenvalue weighted by molar-refractivity contribution is 0.222. The summed E-state index contributed by atoms with van der Waals surface area (Å²) in [6, 6.07) is 2.97. The van der Waals surface area contributed by atoms with Crippen molar-refractivity contribution in [1.82, 2.24) is 9.21 Å². The van der Waals surface area contributed by atoms with E-state index in [1.54, 1.807) is 6.07 Å². The smallest absolute Gasteiger partial charge is 0.244 e. The molecule has 2 rings (SSSR count). The molecule has 1 fully saturated rings. The summed E-state index contributed by atoms with van der Waals surface area (Å²) >= 11 is 17.9. The number of likely N-dealkylation sites (N-methyl/N-ethyl adjacent to an activating group) is 1. The molecule has 0 radical (unpaired) electrons. The topological polar surface area (TPSA) is 40.6 Å². The normalized spacial score (nSPS) is 18.4. The fourth-order valence-corrected chi connectivity index (χ4v) is 4.68. The Hall–Kier alpha value is -0.0400. The summed E-state index contributed by atoms with van der Waals surface area (Å²) in [5.74, 6) is 0.116. The number of alkyl halides is 1. The monoisotopic (exact) mass is 356 g/mol. The molecule has 0 N–H and O–H groups in total. The minimum atomic E-state index is -3.64. The molecule has 0 atom stereocenters. The Labute approximate surface area is 134 Å². The number of sulfonamides is 1. The third kappa shape index (κ3) is 3.24. The van der Waals surface area contributed by atoms with E-state index in [1.165, 1.54) is 10.4 Å². The van der Waals surface area contributed by atoms with Crippen molar-refractivity contribution in [2.75, 3.05) is 33.2 Å². The molecule has 112 valence electrons. The van der Waals surface area contributed by atoms with E-state index >= 15 is 0 Å². The zero-order valence-electron chi connectivity index (χ0n) is 10.9. The number of piperazine rings is 1. The SMILES string of the molecule is CN1CCN(S(=O)(=O)c2cc(Cl)cc(CCl)c2Cl)CC1. The highest BCUT2D eigenvalue weighted by Crippen LogP contribution is 2.32. The van der Waals surface area contributed by atoms with E-state index in [1.807, 2.05) is 7.05 Å². The zero-order valence-corrected chi connectivity index (χ0v) is 14.0. The molecule has 1 aromatic carbocycles. The number of benzene rings is 1. The van der Waals surface area contributed by atoms with Crippen LogP contribution < -0.4 is 0 Å². The molecule has 0 aliphatic carbocycles. The molecule has 0 saturated carbocycles. The van der Waals surface area contributed by atoms with E-state index in [4.69, 9.17) is 34.8 Å². The van der Waals surface area contributed by atoms with E-state index < -0.39 is 10.0 Å². The summed E-state index contributed by atoms with van der Waals surface area (Å²) in [6.07, 6.45) is 0. The highest BCUT2D eigenvalue weighted by Gasteiger charge is 2.30. The predicted molar refractivity (Wildman–Crippen MR) is 82.3 cm³/mol. The van der Waals surface area contributed by atoms with Crippen LogP contribution >= 0.6 is 34.8 Å². The third-order valence-corrected chi connectivity index (χ3v) is 6.29. The Morgan fingerprint density at radius 1 is 1.15 bits per heavy atom. The Bertz CT molecular complexity index is 599. The lowest BCUT2D eigenvalue weighted by Crippen LogP contribution is -2.47. The largest absolute Gasteiger partial charge is 0.304 e. The van der Waals surface area contributed by atoms with Crippen molar-refractivity contribution < 1.29 is 8.42 Å². The fraction of sp³-hybridized carbons (Fsp3) is 0.500. The molecule has 1 aromatic rings. The number of nitrogens with zero attached hydrogens (tertiary/aromatic N) is 2. The van der Waals surface area contributed by atoms with E-state index in [2.05, 4.69) is 4.90 Å². The summed E-state index contributed by atoms with van der Waals surface area (Å²) in [4.78, 5) is 2.11. The van der Waals surface area contributed by atoms with Gasteiger partial charge < -0.3 is 4.90 Å². The average Bonchev–Trinajstić information content (AvgIpc) is 2.41. The van der Waals surface area contributed by atoms with Gasteiger partial charge in [0, 0.05) is 37.1 Å². The standard InChI is InChI=1S/C12H15Cl3N2O2S/c1-16-2-4-17(5-3-16)20(18,19)11-7-10(14)6-9(8-13)12(11)15/h6-7H,2-5,8H2,1H3.